The number of hydrogen-bond donors (Lipinski definition) is 0. The van der Waals surface area contributed by atoms with Gasteiger partial charge in [-0.05, 0) is 37.5 Å². The number of likely N-dealkylation sites (tertiary alicyclic amines) is 1. The Morgan fingerprint density at radius 3 is 2.67 bits per heavy atom. The number of hydrogen-bond acceptors (Lipinski definition) is 4. The third-order valence-corrected chi connectivity index (χ3v) is 3.68. The summed E-state index contributed by atoms with van der Waals surface area (Å²) in [6.07, 6.45) is 4.34. The zero-order valence-electron chi connectivity index (χ0n) is 9.81. The molecule has 3 rings (SSSR count). The Hall–Kier alpha value is -0.910. The van der Waals surface area contributed by atoms with E-state index in [1.54, 1.807) is 6.33 Å². The predicted molar refractivity (Wildman–Crippen MR) is 71.0 cm³/mol. The third-order valence-electron chi connectivity index (χ3n) is 3.25. The van der Waals surface area contributed by atoms with Crippen LogP contribution < -0.4 is 0 Å². The molecule has 3 heterocycles. The molecule has 2 aromatic rings. The molecule has 0 amide bonds. The van der Waals surface area contributed by atoms with Crippen LogP contribution in [0.1, 0.15) is 12.8 Å². The highest BCUT2D eigenvalue weighted by atomic mass is 35.5. The van der Waals surface area contributed by atoms with E-state index >= 15 is 0 Å². The van der Waals surface area contributed by atoms with E-state index in [0.717, 1.165) is 13.1 Å². The average molecular weight is 286 g/mol. The van der Waals surface area contributed by atoms with Crippen LogP contribution >= 0.6 is 23.2 Å². The lowest BCUT2D eigenvalue weighted by Gasteiger charge is -2.14. The average Bonchev–Trinajstić information content (AvgIpc) is 2.94. The van der Waals surface area contributed by atoms with E-state index < -0.39 is 0 Å². The molecule has 0 unspecified atom stereocenters. The fourth-order valence-electron chi connectivity index (χ4n) is 2.30. The Bertz CT molecular complexity index is 562. The Morgan fingerprint density at radius 1 is 1.11 bits per heavy atom. The Kier molecular flexibility index (Phi) is 3.37. The van der Waals surface area contributed by atoms with Crippen molar-refractivity contribution >= 4 is 34.4 Å². The van der Waals surface area contributed by atoms with E-state index in [1.165, 1.54) is 25.9 Å². The maximum Gasteiger partial charge on any atom is 0.225 e. The molecule has 0 N–H and O–H groups in total. The second-order valence-corrected chi connectivity index (χ2v) is 5.14. The Balaban J connectivity index is 1.83. The molecule has 18 heavy (non-hydrogen) atoms. The number of fused-ring (bicyclic) bond motifs is 1. The third kappa shape index (κ3) is 2.30. The topological polar surface area (TPSA) is 46.8 Å². The van der Waals surface area contributed by atoms with Crippen LogP contribution in [0.4, 0.5) is 0 Å². The van der Waals surface area contributed by atoms with E-state index in [2.05, 4.69) is 19.9 Å². The van der Waals surface area contributed by atoms with Crippen LogP contribution in [0.3, 0.4) is 0 Å². The Labute approximate surface area is 115 Å². The maximum atomic E-state index is 5.98. The molecule has 0 aliphatic carbocycles. The predicted octanol–water partition coefficient (Wildman–Crippen LogP) is 2.23. The van der Waals surface area contributed by atoms with E-state index in [-0.39, 0.29) is 5.28 Å². The monoisotopic (exact) mass is 285 g/mol. The normalized spacial score (nSPS) is 16.8. The van der Waals surface area contributed by atoms with E-state index in [4.69, 9.17) is 23.2 Å². The molecular formula is C11H13Cl2N5. The van der Waals surface area contributed by atoms with Crippen LogP contribution in [0.25, 0.3) is 11.2 Å². The fourth-order valence-corrected chi connectivity index (χ4v) is 2.73. The molecule has 5 nitrogen and oxygen atoms in total. The summed E-state index contributed by atoms with van der Waals surface area (Å²) in [7, 11) is 0. The summed E-state index contributed by atoms with van der Waals surface area (Å²) in [6.45, 7) is 4.22. The van der Waals surface area contributed by atoms with Crippen LogP contribution in [0, 0.1) is 0 Å². The first kappa shape index (κ1) is 12.1. The van der Waals surface area contributed by atoms with Crippen molar-refractivity contribution in [3.05, 3.63) is 16.8 Å². The van der Waals surface area contributed by atoms with E-state index in [9.17, 15) is 0 Å². The number of nitrogens with zero attached hydrogens (tertiary/aromatic N) is 5. The summed E-state index contributed by atoms with van der Waals surface area (Å²) in [5.74, 6) is 0. The molecule has 0 bridgehead atoms. The molecule has 2 aromatic heterocycles. The highest BCUT2D eigenvalue weighted by molar-refractivity contribution is 6.35. The van der Waals surface area contributed by atoms with Gasteiger partial charge in [0.15, 0.2) is 10.8 Å². The van der Waals surface area contributed by atoms with Gasteiger partial charge in [-0.15, -0.1) is 0 Å². The second kappa shape index (κ2) is 4.99. The van der Waals surface area contributed by atoms with Crippen molar-refractivity contribution < 1.29 is 0 Å². The van der Waals surface area contributed by atoms with Crippen LogP contribution in [0.2, 0.25) is 10.4 Å². The van der Waals surface area contributed by atoms with Crippen molar-refractivity contribution in [2.75, 3.05) is 19.6 Å². The van der Waals surface area contributed by atoms with Gasteiger partial charge in [0.25, 0.3) is 0 Å². The van der Waals surface area contributed by atoms with Gasteiger partial charge in [-0.2, -0.15) is 4.98 Å². The fraction of sp³-hybridized carbons (Fsp3) is 0.545. The number of halogens is 2. The van der Waals surface area contributed by atoms with Gasteiger partial charge in [-0.1, -0.05) is 11.6 Å². The lowest BCUT2D eigenvalue weighted by molar-refractivity contribution is 0.324. The molecule has 0 atom stereocenters. The van der Waals surface area contributed by atoms with Gasteiger partial charge in [0.1, 0.15) is 5.52 Å². The molecule has 1 aliphatic rings. The molecule has 7 heteroatoms. The van der Waals surface area contributed by atoms with Crippen molar-refractivity contribution in [1.82, 2.24) is 24.4 Å². The van der Waals surface area contributed by atoms with Crippen molar-refractivity contribution in [2.24, 2.45) is 0 Å². The van der Waals surface area contributed by atoms with Crippen molar-refractivity contribution in [3.8, 4) is 0 Å². The maximum absolute atomic E-state index is 5.98. The minimum absolute atomic E-state index is 0.162. The zero-order chi connectivity index (χ0) is 12.5. The molecule has 0 aromatic carbocycles. The first-order valence-electron chi connectivity index (χ1n) is 6.00. The molecule has 0 saturated carbocycles. The lowest BCUT2D eigenvalue weighted by Crippen LogP contribution is -2.23. The largest absolute Gasteiger partial charge is 0.314 e. The van der Waals surface area contributed by atoms with Crippen LogP contribution in [-0.2, 0) is 6.54 Å². The van der Waals surface area contributed by atoms with Gasteiger partial charge in [0.2, 0.25) is 5.28 Å². The van der Waals surface area contributed by atoms with Gasteiger partial charge in [-0.25, -0.2) is 9.97 Å². The number of aromatic nitrogens is 4. The summed E-state index contributed by atoms with van der Waals surface area (Å²) in [6, 6.07) is 0. The SMILES string of the molecule is Clc1nc(Cl)c2ncn(CCN3CCCC3)c2n1. The van der Waals surface area contributed by atoms with E-state index in [1.807, 2.05) is 4.57 Å². The molecule has 1 aliphatic heterocycles. The first-order valence-corrected chi connectivity index (χ1v) is 6.76. The number of rotatable bonds is 3. The highest BCUT2D eigenvalue weighted by Crippen LogP contribution is 2.20. The quantitative estimate of drug-likeness (QED) is 0.641. The van der Waals surface area contributed by atoms with Gasteiger partial charge in [0, 0.05) is 13.1 Å². The van der Waals surface area contributed by atoms with Crippen LogP contribution in [0.5, 0.6) is 0 Å². The van der Waals surface area contributed by atoms with E-state index in [0.29, 0.717) is 16.3 Å². The van der Waals surface area contributed by atoms with Gasteiger partial charge >= 0.3 is 0 Å². The molecule has 0 radical (unpaired) electrons. The Morgan fingerprint density at radius 2 is 1.89 bits per heavy atom. The van der Waals surface area contributed by atoms with Crippen molar-refractivity contribution in [1.29, 1.82) is 0 Å². The molecule has 0 spiro atoms. The van der Waals surface area contributed by atoms with Gasteiger partial charge in [0.05, 0.1) is 6.33 Å². The highest BCUT2D eigenvalue weighted by Gasteiger charge is 2.14. The van der Waals surface area contributed by atoms with Crippen LogP contribution in [-0.4, -0.2) is 44.1 Å². The summed E-state index contributed by atoms with van der Waals surface area (Å²) in [4.78, 5) is 14.8. The first-order chi connectivity index (χ1) is 8.74. The zero-order valence-corrected chi connectivity index (χ0v) is 11.3. The summed E-state index contributed by atoms with van der Waals surface area (Å²) >= 11 is 11.8. The second-order valence-electron chi connectivity index (χ2n) is 4.44. The molecule has 1 saturated heterocycles. The van der Waals surface area contributed by atoms with Crippen LogP contribution in [0.15, 0.2) is 6.33 Å². The minimum atomic E-state index is 0.162. The summed E-state index contributed by atoms with van der Waals surface area (Å²) in [5.41, 5.74) is 1.32. The lowest BCUT2D eigenvalue weighted by atomic mass is 10.4. The summed E-state index contributed by atoms with van der Waals surface area (Å²) in [5, 5.41) is 0.473. The van der Waals surface area contributed by atoms with Crippen molar-refractivity contribution in [2.45, 2.75) is 19.4 Å². The number of imidazole rings is 1. The molecular weight excluding hydrogens is 273 g/mol. The molecule has 1 fully saturated rings. The van der Waals surface area contributed by atoms with Gasteiger partial charge in [-0.3, -0.25) is 0 Å². The van der Waals surface area contributed by atoms with Crippen molar-refractivity contribution in [3.63, 3.8) is 0 Å². The molecule has 96 valence electrons. The standard InChI is InChI=1S/C11H13Cl2N5/c12-9-8-10(16-11(13)15-9)18(7-14-8)6-5-17-3-1-2-4-17/h7H,1-6H2. The van der Waals surface area contributed by atoms with Gasteiger partial charge < -0.3 is 9.47 Å². The summed E-state index contributed by atoms with van der Waals surface area (Å²) < 4.78 is 1.98. The minimum Gasteiger partial charge on any atom is -0.314 e. The smallest absolute Gasteiger partial charge is 0.225 e.